The molecule has 1 aliphatic heterocycles. The molecule has 1 saturated carbocycles. The Morgan fingerprint density at radius 2 is 1.79 bits per heavy atom. The fourth-order valence-corrected chi connectivity index (χ4v) is 3.86. The van der Waals surface area contributed by atoms with Crippen LogP contribution in [0.25, 0.3) is 0 Å². The Balaban J connectivity index is 1.42. The van der Waals surface area contributed by atoms with E-state index in [0.29, 0.717) is 19.3 Å². The summed E-state index contributed by atoms with van der Waals surface area (Å²) < 4.78 is 5.88. The smallest absolute Gasteiger partial charge is 0.314 e. The Labute approximate surface area is 147 Å². The zero-order chi connectivity index (χ0) is 17.0. The maximum atomic E-state index is 11.8. The first-order chi connectivity index (χ1) is 11.7. The topological polar surface area (TPSA) is 53.6 Å². The van der Waals surface area contributed by atoms with E-state index >= 15 is 0 Å². The molecule has 0 aromatic heterocycles. The van der Waals surface area contributed by atoms with Crippen molar-refractivity contribution >= 4 is 6.03 Å². The highest BCUT2D eigenvalue weighted by Crippen LogP contribution is 2.19. The molecule has 140 valence electrons. The van der Waals surface area contributed by atoms with E-state index in [9.17, 15) is 4.79 Å². The van der Waals surface area contributed by atoms with E-state index in [1.165, 1.54) is 64.5 Å². The number of hydrogen-bond donors (Lipinski definition) is 2. The van der Waals surface area contributed by atoms with Crippen LogP contribution in [0.5, 0.6) is 0 Å². The lowest BCUT2D eigenvalue weighted by Crippen LogP contribution is -2.40. The van der Waals surface area contributed by atoms with E-state index < -0.39 is 0 Å². The standard InChI is InChI=1S/C19H37N3O2/c1-17-8-6-13-22(16-17)14-7-11-20-19(23)21-12-15-24-18-9-4-2-3-5-10-18/h17-18H,2-16H2,1H3,(H2,20,21,23). The van der Waals surface area contributed by atoms with Gasteiger partial charge in [0.15, 0.2) is 0 Å². The number of rotatable bonds is 8. The van der Waals surface area contributed by atoms with Gasteiger partial charge in [-0.05, 0) is 51.1 Å². The molecule has 0 aromatic rings. The van der Waals surface area contributed by atoms with Crippen LogP contribution in [0.4, 0.5) is 4.79 Å². The van der Waals surface area contributed by atoms with Crippen molar-refractivity contribution in [1.29, 1.82) is 0 Å². The molecule has 1 saturated heterocycles. The molecule has 24 heavy (non-hydrogen) atoms. The van der Waals surface area contributed by atoms with Crippen LogP contribution < -0.4 is 10.6 Å². The third kappa shape index (κ3) is 8.34. The van der Waals surface area contributed by atoms with Gasteiger partial charge in [0.1, 0.15) is 0 Å². The van der Waals surface area contributed by atoms with Crippen molar-refractivity contribution in [3.8, 4) is 0 Å². The molecule has 1 aliphatic carbocycles. The number of likely N-dealkylation sites (tertiary alicyclic amines) is 1. The summed E-state index contributed by atoms with van der Waals surface area (Å²) in [6.45, 7) is 7.83. The SMILES string of the molecule is CC1CCCN(CCCNC(=O)NCCOC2CCCCCC2)C1. The highest BCUT2D eigenvalue weighted by molar-refractivity contribution is 5.73. The Bertz CT molecular complexity index is 332. The molecule has 0 radical (unpaired) electrons. The quantitative estimate of drug-likeness (QED) is 0.528. The average Bonchev–Trinajstić information content (AvgIpc) is 2.84. The minimum absolute atomic E-state index is 0.0634. The molecule has 0 bridgehead atoms. The zero-order valence-corrected chi connectivity index (χ0v) is 15.5. The molecule has 2 aliphatic rings. The Hall–Kier alpha value is -0.810. The lowest BCUT2D eigenvalue weighted by atomic mass is 10.0. The predicted octanol–water partition coefficient (Wildman–Crippen LogP) is 3.15. The summed E-state index contributed by atoms with van der Waals surface area (Å²) >= 11 is 0. The van der Waals surface area contributed by atoms with Gasteiger partial charge < -0.3 is 20.3 Å². The number of carbonyl (C=O) groups excluding carboxylic acids is 1. The highest BCUT2D eigenvalue weighted by Gasteiger charge is 2.15. The van der Waals surface area contributed by atoms with Crippen molar-refractivity contribution < 1.29 is 9.53 Å². The van der Waals surface area contributed by atoms with Crippen LogP contribution in [0.15, 0.2) is 0 Å². The van der Waals surface area contributed by atoms with Crippen molar-refractivity contribution in [2.75, 3.05) is 39.3 Å². The first-order valence-electron chi connectivity index (χ1n) is 10.1. The van der Waals surface area contributed by atoms with Crippen molar-refractivity contribution in [2.24, 2.45) is 5.92 Å². The first kappa shape index (κ1) is 19.5. The second-order valence-electron chi connectivity index (χ2n) is 7.57. The van der Waals surface area contributed by atoms with Gasteiger partial charge in [-0.25, -0.2) is 4.79 Å². The summed E-state index contributed by atoms with van der Waals surface area (Å²) in [5, 5.41) is 5.84. The molecule has 0 aromatic carbocycles. The average molecular weight is 340 g/mol. The Morgan fingerprint density at radius 3 is 2.54 bits per heavy atom. The zero-order valence-electron chi connectivity index (χ0n) is 15.5. The fourth-order valence-electron chi connectivity index (χ4n) is 3.86. The van der Waals surface area contributed by atoms with Gasteiger partial charge in [-0.3, -0.25) is 0 Å². The number of amides is 2. The van der Waals surface area contributed by atoms with Gasteiger partial charge in [0, 0.05) is 19.6 Å². The summed E-state index contributed by atoms with van der Waals surface area (Å²) in [5.41, 5.74) is 0. The lowest BCUT2D eigenvalue weighted by molar-refractivity contribution is 0.0460. The molecule has 2 rings (SSSR count). The normalized spacial score (nSPS) is 23.6. The molecule has 5 nitrogen and oxygen atoms in total. The van der Waals surface area contributed by atoms with Gasteiger partial charge in [0.2, 0.25) is 0 Å². The molecule has 1 unspecified atom stereocenters. The minimum atomic E-state index is -0.0634. The molecular weight excluding hydrogens is 302 g/mol. The van der Waals surface area contributed by atoms with E-state index in [1.54, 1.807) is 0 Å². The molecular formula is C19H37N3O2. The monoisotopic (exact) mass is 339 g/mol. The lowest BCUT2D eigenvalue weighted by Gasteiger charge is -2.30. The maximum Gasteiger partial charge on any atom is 0.314 e. The maximum absolute atomic E-state index is 11.8. The van der Waals surface area contributed by atoms with Crippen LogP contribution in [0.3, 0.4) is 0 Å². The molecule has 1 heterocycles. The van der Waals surface area contributed by atoms with E-state index in [4.69, 9.17) is 4.74 Å². The second-order valence-corrected chi connectivity index (χ2v) is 7.57. The number of urea groups is 1. The Kier molecular flexibility index (Phi) is 9.51. The van der Waals surface area contributed by atoms with Crippen LogP contribution >= 0.6 is 0 Å². The molecule has 0 spiro atoms. The second kappa shape index (κ2) is 11.7. The van der Waals surface area contributed by atoms with Crippen molar-refractivity contribution in [3.63, 3.8) is 0 Å². The molecule has 1 atom stereocenters. The number of nitrogens with one attached hydrogen (secondary N) is 2. The number of nitrogens with zero attached hydrogens (tertiary/aromatic N) is 1. The third-order valence-electron chi connectivity index (χ3n) is 5.22. The van der Waals surface area contributed by atoms with E-state index in [2.05, 4.69) is 22.5 Å². The van der Waals surface area contributed by atoms with Gasteiger partial charge in [0.05, 0.1) is 12.7 Å². The number of hydrogen-bond acceptors (Lipinski definition) is 3. The number of piperidine rings is 1. The molecule has 5 heteroatoms. The van der Waals surface area contributed by atoms with Crippen molar-refractivity contribution in [2.45, 2.75) is 70.8 Å². The Morgan fingerprint density at radius 1 is 1.04 bits per heavy atom. The van der Waals surface area contributed by atoms with Gasteiger partial charge in [-0.15, -0.1) is 0 Å². The van der Waals surface area contributed by atoms with Crippen molar-refractivity contribution in [1.82, 2.24) is 15.5 Å². The summed E-state index contributed by atoms with van der Waals surface area (Å²) in [6.07, 6.45) is 11.7. The summed E-state index contributed by atoms with van der Waals surface area (Å²) in [6, 6.07) is -0.0634. The van der Waals surface area contributed by atoms with Crippen LogP contribution in [0.1, 0.15) is 64.7 Å². The third-order valence-corrected chi connectivity index (χ3v) is 5.22. The first-order valence-corrected chi connectivity index (χ1v) is 10.1. The van der Waals surface area contributed by atoms with E-state index in [0.717, 1.165) is 25.4 Å². The van der Waals surface area contributed by atoms with Gasteiger partial charge in [-0.2, -0.15) is 0 Å². The highest BCUT2D eigenvalue weighted by atomic mass is 16.5. The largest absolute Gasteiger partial charge is 0.376 e. The predicted molar refractivity (Wildman–Crippen MR) is 98.3 cm³/mol. The summed E-state index contributed by atoms with van der Waals surface area (Å²) in [5.74, 6) is 0.823. The number of carbonyl (C=O) groups is 1. The molecule has 2 amide bonds. The minimum Gasteiger partial charge on any atom is -0.376 e. The van der Waals surface area contributed by atoms with E-state index in [-0.39, 0.29) is 6.03 Å². The van der Waals surface area contributed by atoms with Gasteiger partial charge >= 0.3 is 6.03 Å². The van der Waals surface area contributed by atoms with Crippen LogP contribution in [-0.4, -0.2) is 56.4 Å². The van der Waals surface area contributed by atoms with E-state index in [1.807, 2.05) is 0 Å². The molecule has 2 fully saturated rings. The molecule has 2 N–H and O–H groups in total. The number of ether oxygens (including phenoxy) is 1. The van der Waals surface area contributed by atoms with Crippen LogP contribution in [0.2, 0.25) is 0 Å². The fraction of sp³-hybridized carbons (Fsp3) is 0.947. The van der Waals surface area contributed by atoms with Crippen molar-refractivity contribution in [3.05, 3.63) is 0 Å². The van der Waals surface area contributed by atoms with Gasteiger partial charge in [-0.1, -0.05) is 32.6 Å². The van der Waals surface area contributed by atoms with Crippen LogP contribution in [-0.2, 0) is 4.74 Å². The van der Waals surface area contributed by atoms with Gasteiger partial charge in [0.25, 0.3) is 0 Å². The summed E-state index contributed by atoms with van der Waals surface area (Å²) in [7, 11) is 0. The summed E-state index contributed by atoms with van der Waals surface area (Å²) in [4.78, 5) is 14.3. The van der Waals surface area contributed by atoms with Crippen LogP contribution in [0, 0.1) is 5.92 Å².